The van der Waals surface area contributed by atoms with Crippen molar-refractivity contribution in [1.29, 1.82) is 0 Å². The number of aryl methyl sites for hydroxylation is 2. The highest BCUT2D eigenvalue weighted by Gasteiger charge is 2.23. The van der Waals surface area contributed by atoms with Crippen LogP contribution in [0.3, 0.4) is 0 Å². The Labute approximate surface area is 145 Å². The van der Waals surface area contributed by atoms with Crippen molar-refractivity contribution < 1.29 is 14.3 Å². The van der Waals surface area contributed by atoms with E-state index in [0.717, 1.165) is 11.3 Å². The molecule has 0 saturated heterocycles. The van der Waals surface area contributed by atoms with Crippen molar-refractivity contribution >= 4 is 11.8 Å². The van der Waals surface area contributed by atoms with Crippen LogP contribution >= 0.6 is 0 Å². The molecular weight excluding hydrogens is 304 g/mol. The number of hydrogen-bond donors (Lipinski definition) is 1. The first kappa shape index (κ1) is 20.0. The molecule has 1 atom stereocenters. The average molecular weight is 334 g/mol. The Morgan fingerprint density at radius 2 is 1.83 bits per heavy atom. The molecule has 1 aromatic rings. The molecule has 0 spiro atoms. The number of carbonyl (C=O) groups excluding carboxylic acids is 2. The van der Waals surface area contributed by atoms with Gasteiger partial charge in [0.05, 0.1) is 13.0 Å². The van der Waals surface area contributed by atoms with Crippen molar-refractivity contribution in [2.75, 3.05) is 20.7 Å². The second-order valence-corrected chi connectivity index (χ2v) is 6.83. The first-order chi connectivity index (χ1) is 11.2. The highest BCUT2D eigenvalue weighted by molar-refractivity contribution is 5.87. The molecule has 0 unspecified atom stereocenters. The molecule has 0 aliphatic carbocycles. The lowest BCUT2D eigenvalue weighted by atomic mass is 10.0. The van der Waals surface area contributed by atoms with E-state index in [9.17, 15) is 9.59 Å². The molecule has 5 nitrogen and oxygen atoms in total. The lowest BCUT2D eigenvalue weighted by Crippen LogP contribution is -2.47. The number of rotatable bonds is 8. The number of nitrogens with one attached hydrogen (secondary N) is 1. The fraction of sp³-hybridized carbons (Fsp3) is 0.579. The fourth-order valence-corrected chi connectivity index (χ4v) is 2.34. The zero-order valence-corrected chi connectivity index (χ0v) is 15.7. The lowest BCUT2D eigenvalue weighted by Gasteiger charge is -2.23. The fourth-order valence-electron chi connectivity index (χ4n) is 2.34. The first-order valence-corrected chi connectivity index (χ1v) is 8.41. The van der Waals surface area contributed by atoms with E-state index in [-0.39, 0.29) is 18.2 Å². The van der Waals surface area contributed by atoms with Crippen LogP contribution in [-0.2, 0) is 9.59 Å². The molecule has 0 fully saturated rings. The van der Waals surface area contributed by atoms with Gasteiger partial charge in [-0.2, -0.15) is 0 Å². The highest BCUT2D eigenvalue weighted by atomic mass is 16.5. The van der Waals surface area contributed by atoms with E-state index in [1.807, 2.05) is 45.9 Å². The molecule has 0 bridgehead atoms. The third-order valence-corrected chi connectivity index (χ3v) is 3.86. The summed E-state index contributed by atoms with van der Waals surface area (Å²) in [4.78, 5) is 25.8. The third-order valence-electron chi connectivity index (χ3n) is 3.86. The summed E-state index contributed by atoms with van der Waals surface area (Å²) in [5.74, 6) is 0.840. The average Bonchev–Trinajstić information content (AvgIpc) is 2.48. The van der Waals surface area contributed by atoms with Gasteiger partial charge in [0.25, 0.3) is 0 Å². The number of amides is 2. The Kier molecular flexibility index (Phi) is 7.75. The summed E-state index contributed by atoms with van der Waals surface area (Å²) in [5, 5.41) is 2.83. The molecule has 0 aliphatic rings. The van der Waals surface area contributed by atoms with Crippen LogP contribution in [0.15, 0.2) is 18.2 Å². The molecule has 5 heteroatoms. The van der Waals surface area contributed by atoms with Crippen molar-refractivity contribution in [3.8, 4) is 5.75 Å². The summed E-state index contributed by atoms with van der Waals surface area (Å²) in [6.45, 7) is 8.43. The van der Waals surface area contributed by atoms with Crippen LogP contribution < -0.4 is 10.1 Å². The van der Waals surface area contributed by atoms with Crippen LogP contribution in [0.1, 0.15) is 37.8 Å². The van der Waals surface area contributed by atoms with Gasteiger partial charge in [-0.05, 0) is 49.4 Å². The van der Waals surface area contributed by atoms with Gasteiger partial charge in [0.1, 0.15) is 11.8 Å². The zero-order valence-electron chi connectivity index (χ0n) is 15.7. The molecule has 1 aromatic carbocycles. The molecule has 2 amide bonds. The van der Waals surface area contributed by atoms with Crippen LogP contribution in [0.4, 0.5) is 0 Å². The van der Waals surface area contributed by atoms with E-state index in [1.54, 1.807) is 14.1 Å². The maximum atomic E-state index is 12.2. The topological polar surface area (TPSA) is 58.6 Å². The summed E-state index contributed by atoms with van der Waals surface area (Å²) < 4.78 is 5.63. The van der Waals surface area contributed by atoms with E-state index < -0.39 is 6.04 Å². The second kappa shape index (κ2) is 9.30. The summed E-state index contributed by atoms with van der Waals surface area (Å²) in [6.07, 6.45) is 0.850. The molecule has 0 heterocycles. The van der Waals surface area contributed by atoms with Crippen LogP contribution in [0, 0.1) is 19.8 Å². The van der Waals surface area contributed by atoms with Crippen molar-refractivity contribution in [2.45, 2.75) is 46.6 Å². The van der Waals surface area contributed by atoms with E-state index in [1.165, 1.54) is 10.5 Å². The summed E-state index contributed by atoms with van der Waals surface area (Å²) >= 11 is 0. The lowest BCUT2D eigenvalue weighted by molar-refractivity contribution is -0.135. The molecule has 1 N–H and O–H groups in total. The van der Waals surface area contributed by atoms with Gasteiger partial charge >= 0.3 is 0 Å². The SMILES string of the molecule is Cc1ccc(OCCC(=O)N[C@H](CC(C)C)C(=O)N(C)C)cc1C. The molecule has 0 saturated carbocycles. The Morgan fingerprint density at radius 3 is 2.38 bits per heavy atom. The van der Waals surface area contributed by atoms with Crippen LogP contribution in [0.2, 0.25) is 0 Å². The Morgan fingerprint density at radius 1 is 1.17 bits per heavy atom. The van der Waals surface area contributed by atoms with Gasteiger partial charge in [0.2, 0.25) is 11.8 Å². The van der Waals surface area contributed by atoms with Crippen molar-refractivity contribution in [1.82, 2.24) is 10.2 Å². The van der Waals surface area contributed by atoms with Gasteiger partial charge in [-0.15, -0.1) is 0 Å². The third kappa shape index (κ3) is 6.60. The predicted octanol–water partition coefficient (Wildman–Crippen LogP) is 2.69. The number of likely N-dealkylation sites (N-methyl/N-ethyl adjacent to an activating group) is 1. The minimum absolute atomic E-state index is 0.0767. The quantitative estimate of drug-likeness (QED) is 0.795. The largest absolute Gasteiger partial charge is 0.493 e. The van der Waals surface area contributed by atoms with Crippen molar-refractivity contribution in [3.63, 3.8) is 0 Å². The first-order valence-electron chi connectivity index (χ1n) is 8.41. The number of carbonyl (C=O) groups is 2. The molecule has 0 aromatic heterocycles. The van der Waals surface area contributed by atoms with Gasteiger partial charge in [0.15, 0.2) is 0 Å². The molecule has 0 aliphatic heterocycles. The Bertz CT molecular complexity index is 568. The van der Waals surface area contributed by atoms with E-state index in [2.05, 4.69) is 5.32 Å². The summed E-state index contributed by atoms with van der Waals surface area (Å²) in [7, 11) is 3.40. The van der Waals surface area contributed by atoms with E-state index >= 15 is 0 Å². The monoisotopic (exact) mass is 334 g/mol. The van der Waals surface area contributed by atoms with Crippen LogP contribution in [-0.4, -0.2) is 43.5 Å². The molecule has 1 rings (SSSR count). The minimum atomic E-state index is -0.478. The smallest absolute Gasteiger partial charge is 0.244 e. The van der Waals surface area contributed by atoms with Crippen molar-refractivity contribution in [3.05, 3.63) is 29.3 Å². The normalized spacial score (nSPS) is 12.0. The van der Waals surface area contributed by atoms with E-state index in [0.29, 0.717) is 18.9 Å². The number of ether oxygens (including phenoxy) is 1. The molecule has 134 valence electrons. The van der Waals surface area contributed by atoms with Crippen molar-refractivity contribution in [2.24, 2.45) is 5.92 Å². The predicted molar refractivity (Wildman–Crippen MR) is 96.1 cm³/mol. The maximum Gasteiger partial charge on any atom is 0.244 e. The summed E-state index contributed by atoms with van der Waals surface area (Å²) in [6, 6.07) is 5.38. The number of benzene rings is 1. The highest BCUT2D eigenvalue weighted by Crippen LogP contribution is 2.16. The van der Waals surface area contributed by atoms with Gasteiger partial charge in [-0.25, -0.2) is 0 Å². The second-order valence-electron chi connectivity index (χ2n) is 6.83. The number of nitrogens with zero attached hydrogens (tertiary/aromatic N) is 1. The van der Waals surface area contributed by atoms with Crippen LogP contribution in [0.5, 0.6) is 5.75 Å². The number of hydrogen-bond acceptors (Lipinski definition) is 3. The Hall–Kier alpha value is -2.04. The summed E-state index contributed by atoms with van der Waals surface area (Å²) in [5.41, 5.74) is 2.37. The zero-order chi connectivity index (χ0) is 18.3. The van der Waals surface area contributed by atoms with Gasteiger partial charge < -0.3 is 15.0 Å². The van der Waals surface area contributed by atoms with Gasteiger partial charge in [0, 0.05) is 14.1 Å². The molecule has 0 radical (unpaired) electrons. The standard InChI is InChI=1S/C19H30N2O3/c1-13(2)11-17(19(23)21(5)6)20-18(22)9-10-24-16-8-7-14(3)15(4)12-16/h7-8,12-13,17H,9-11H2,1-6H3,(H,20,22)/t17-/m1/s1. The Balaban J connectivity index is 2.50. The van der Waals surface area contributed by atoms with Gasteiger partial charge in [-0.3, -0.25) is 9.59 Å². The molecule has 24 heavy (non-hydrogen) atoms. The maximum absolute atomic E-state index is 12.2. The van der Waals surface area contributed by atoms with E-state index in [4.69, 9.17) is 4.74 Å². The molecular formula is C19H30N2O3. The van der Waals surface area contributed by atoms with Gasteiger partial charge in [-0.1, -0.05) is 19.9 Å². The van der Waals surface area contributed by atoms with Crippen LogP contribution in [0.25, 0.3) is 0 Å². The minimum Gasteiger partial charge on any atom is -0.493 e.